The van der Waals surface area contributed by atoms with Gasteiger partial charge < -0.3 is 10.1 Å². The molecule has 1 aromatic carbocycles. The van der Waals surface area contributed by atoms with Crippen molar-refractivity contribution in [1.29, 1.82) is 0 Å². The number of hydrogen-bond donors (Lipinski definition) is 2. The molecule has 16 heavy (non-hydrogen) atoms. The average Bonchev–Trinajstić information content (AvgIpc) is 2.23. The van der Waals surface area contributed by atoms with Gasteiger partial charge in [-0.3, -0.25) is 4.84 Å². The number of ether oxygens (including phenoxy) is 1. The molecule has 0 saturated carbocycles. The van der Waals surface area contributed by atoms with Crippen LogP contribution in [0.2, 0.25) is 0 Å². The van der Waals surface area contributed by atoms with Crippen LogP contribution in [-0.2, 0) is 4.84 Å². The van der Waals surface area contributed by atoms with Crippen LogP contribution >= 0.6 is 0 Å². The summed E-state index contributed by atoms with van der Waals surface area (Å²) in [5.74, 6) is -0.157. The number of nitrogens with one attached hydrogen (secondary N) is 2. The van der Waals surface area contributed by atoms with Crippen LogP contribution in [0.25, 0.3) is 0 Å². The fourth-order valence-electron chi connectivity index (χ4n) is 1.11. The maximum absolute atomic E-state index is 12.9. The highest BCUT2D eigenvalue weighted by molar-refractivity contribution is 5.90. The van der Waals surface area contributed by atoms with Crippen LogP contribution in [-0.4, -0.2) is 19.7 Å². The predicted molar refractivity (Wildman–Crippen MR) is 56.7 cm³/mol. The fraction of sp³-hybridized carbons (Fsp3) is 0.300. The summed E-state index contributed by atoms with van der Waals surface area (Å²) in [5, 5.41) is 2.46. The van der Waals surface area contributed by atoms with Crippen molar-refractivity contribution in [2.45, 2.75) is 6.92 Å². The van der Waals surface area contributed by atoms with Gasteiger partial charge in [-0.1, -0.05) is 0 Å². The SMILES string of the molecule is CCOc1cc(F)ccc1NC(=O)NOC. The second-order valence-corrected chi connectivity index (χ2v) is 2.83. The Kier molecular flexibility index (Phi) is 4.53. The lowest BCUT2D eigenvalue weighted by Gasteiger charge is -2.11. The zero-order chi connectivity index (χ0) is 12.0. The minimum absolute atomic E-state index is 0.272. The number of amides is 2. The highest BCUT2D eigenvalue weighted by Gasteiger charge is 2.08. The lowest BCUT2D eigenvalue weighted by molar-refractivity contribution is 0.114. The molecule has 0 atom stereocenters. The third kappa shape index (κ3) is 3.39. The van der Waals surface area contributed by atoms with Crippen LogP contribution in [0.5, 0.6) is 5.75 Å². The molecular weight excluding hydrogens is 215 g/mol. The number of rotatable bonds is 4. The summed E-state index contributed by atoms with van der Waals surface area (Å²) in [5.41, 5.74) is 2.45. The molecule has 2 N–H and O–H groups in total. The largest absolute Gasteiger partial charge is 0.492 e. The predicted octanol–water partition coefficient (Wildman–Crippen LogP) is 1.91. The molecule has 88 valence electrons. The van der Waals surface area contributed by atoms with Gasteiger partial charge in [-0.15, -0.1) is 0 Å². The van der Waals surface area contributed by atoms with Crippen LogP contribution in [0.1, 0.15) is 6.92 Å². The Morgan fingerprint density at radius 1 is 1.50 bits per heavy atom. The first kappa shape index (κ1) is 12.3. The van der Waals surface area contributed by atoms with Gasteiger partial charge in [-0.25, -0.2) is 14.7 Å². The van der Waals surface area contributed by atoms with Gasteiger partial charge in [0.1, 0.15) is 11.6 Å². The summed E-state index contributed by atoms with van der Waals surface area (Å²) < 4.78 is 18.1. The van der Waals surface area contributed by atoms with Gasteiger partial charge in [-0.05, 0) is 19.1 Å². The molecule has 0 saturated heterocycles. The number of halogens is 1. The van der Waals surface area contributed by atoms with Crippen molar-refractivity contribution in [3.05, 3.63) is 24.0 Å². The van der Waals surface area contributed by atoms with E-state index in [9.17, 15) is 9.18 Å². The van der Waals surface area contributed by atoms with Crippen LogP contribution in [0.4, 0.5) is 14.9 Å². The molecular formula is C10H13FN2O3. The Hall–Kier alpha value is -1.82. The van der Waals surface area contributed by atoms with E-state index in [2.05, 4.69) is 15.6 Å². The van der Waals surface area contributed by atoms with E-state index in [-0.39, 0.29) is 5.75 Å². The molecule has 0 fully saturated rings. The minimum atomic E-state index is -0.560. The molecule has 0 unspecified atom stereocenters. The maximum atomic E-state index is 12.9. The Bertz CT molecular complexity index is 371. The van der Waals surface area contributed by atoms with E-state index in [0.29, 0.717) is 12.3 Å². The van der Waals surface area contributed by atoms with E-state index in [1.165, 1.54) is 25.3 Å². The second kappa shape index (κ2) is 5.92. The quantitative estimate of drug-likeness (QED) is 0.774. The molecule has 0 spiro atoms. The Labute approximate surface area is 92.5 Å². The molecule has 0 bridgehead atoms. The summed E-state index contributed by atoms with van der Waals surface area (Å²) in [7, 11) is 1.31. The molecule has 0 radical (unpaired) electrons. The number of anilines is 1. The van der Waals surface area contributed by atoms with Crippen molar-refractivity contribution in [2.75, 3.05) is 19.0 Å². The summed E-state index contributed by atoms with van der Waals surface area (Å²) in [6, 6.07) is 3.28. The number of benzene rings is 1. The highest BCUT2D eigenvalue weighted by Crippen LogP contribution is 2.25. The second-order valence-electron chi connectivity index (χ2n) is 2.83. The summed E-state index contributed by atoms with van der Waals surface area (Å²) in [4.78, 5) is 15.6. The van der Waals surface area contributed by atoms with Gasteiger partial charge in [0, 0.05) is 6.07 Å². The smallest absolute Gasteiger partial charge is 0.343 e. The van der Waals surface area contributed by atoms with Gasteiger partial charge >= 0.3 is 6.03 Å². The van der Waals surface area contributed by atoms with Crippen molar-refractivity contribution in [2.24, 2.45) is 0 Å². The standard InChI is InChI=1S/C10H13FN2O3/c1-3-16-9-6-7(11)4-5-8(9)12-10(14)13-15-2/h4-6H,3H2,1-2H3,(H2,12,13,14). The Morgan fingerprint density at radius 3 is 2.88 bits per heavy atom. The Balaban J connectivity index is 2.81. The van der Waals surface area contributed by atoms with Gasteiger partial charge in [0.05, 0.1) is 19.4 Å². The molecule has 2 amide bonds. The average molecular weight is 228 g/mol. The molecule has 6 heteroatoms. The van der Waals surface area contributed by atoms with Crippen molar-refractivity contribution in [1.82, 2.24) is 5.48 Å². The van der Waals surface area contributed by atoms with Gasteiger partial charge in [-0.2, -0.15) is 0 Å². The first-order valence-corrected chi connectivity index (χ1v) is 4.69. The molecule has 0 aromatic heterocycles. The fourth-order valence-corrected chi connectivity index (χ4v) is 1.11. The van der Waals surface area contributed by atoms with Gasteiger partial charge in [0.2, 0.25) is 0 Å². The van der Waals surface area contributed by atoms with Crippen LogP contribution in [0.3, 0.4) is 0 Å². The Morgan fingerprint density at radius 2 is 2.25 bits per heavy atom. The normalized spacial score (nSPS) is 9.69. The summed E-state index contributed by atoms with van der Waals surface area (Å²) >= 11 is 0. The number of hydroxylamine groups is 1. The molecule has 0 aliphatic carbocycles. The minimum Gasteiger partial charge on any atom is -0.492 e. The number of urea groups is 1. The van der Waals surface area contributed by atoms with E-state index >= 15 is 0 Å². The zero-order valence-corrected chi connectivity index (χ0v) is 9.04. The summed E-state index contributed by atoms with van der Waals surface area (Å²) in [6.45, 7) is 2.15. The molecule has 1 aromatic rings. The molecule has 0 heterocycles. The van der Waals surface area contributed by atoms with E-state index in [1.54, 1.807) is 6.92 Å². The molecule has 0 aliphatic heterocycles. The summed E-state index contributed by atoms with van der Waals surface area (Å²) in [6.07, 6.45) is 0. The van der Waals surface area contributed by atoms with Crippen molar-refractivity contribution in [3.63, 3.8) is 0 Å². The molecule has 5 nitrogen and oxygen atoms in total. The van der Waals surface area contributed by atoms with E-state index in [0.717, 1.165) is 0 Å². The monoisotopic (exact) mass is 228 g/mol. The number of carbonyl (C=O) groups is 1. The lowest BCUT2D eigenvalue weighted by Crippen LogP contribution is -2.27. The highest BCUT2D eigenvalue weighted by atomic mass is 19.1. The number of carbonyl (C=O) groups excluding carboxylic acids is 1. The number of hydrogen-bond acceptors (Lipinski definition) is 3. The lowest BCUT2D eigenvalue weighted by atomic mass is 10.3. The third-order valence-corrected chi connectivity index (χ3v) is 1.69. The van der Waals surface area contributed by atoms with Crippen LogP contribution in [0.15, 0.2) is 18.2 Å². The van der Waals surface area contributed by atoms with Crippen molar-refractivity contribution in [3.8, 4) is 5.75 Å². The maximum Gasteiger partial charge on any atom is 0.343 e. The first-order valence-electron chi connectivity index (χ1n) is 4.69. The van der Waals surface area contributed by atoms with Crippen LogP contribution < -0.4 is 15.5 Å². The van der Waals surface area contributed by atoms with Crippen molar-refractivity contribution >= 4 is 11.7 Å². The van der Waals surface area contributed by atoms with E-state index < -0.39 is 11.8 Å². The van der Waals surface area contributed by atoms with E-state index in [1.807, 2.05) is 0 Å². The van der Waals surface area contributed by atoms with E-state index in [4.69, 9.17) is 4.74 Å². The third-order valence-electron chi connectivity index (χ3n) is 1.69. The zero-order valence-electron chi connectivity index (χ0n) is 9.04. The van der Waals surface area contributed by atoms with Gasteiger partial charge in [0.25, 0.3) is 0 Å². The molecule has 1 rings (SSSR count). The molecule has 0 aliphatic rings. The first-order chi connectivity index (χ1) is 7.67. The topological polar surface area (TPSA) is 59.6 Å². The van der Waals surface area contributed by atoms with Gasteiger partial charge in [0.15, 0.2) is 0 Å². The van der Waals surface area contributed by atoms with Crippen LogP contribution in [0, 0.1) is 5.82 Å². The van der Waals surface area contributed by atoms with Crippen molar-refractivity contribution < 1.29 is 18.8 Å².